The summed E-state index contributed by atoms with van der Waals surface area (Å²) in [6.07, 6.45) is 3.69. The minimum absolute atomic E-state index is 0.199. The van der Waals surface area contributed by atoms with Gasteiger partial charge in [0.2, 0.25) is 0 Å². The number of nitrogens with zero attached hydrogens (tertiary/aromatic N) is 3. The number of hydrogen-bond donors (Lipinski definition) is 2. The van der Waals surface area contributed by atoms with Gasteiger partial charge in [-0.05, 0) is 25.0 Å². The number of hydrogen-bond acceptors (Lipinski definition) is 4. The minimum atomic E-state index is -0.352. The van der Waals surface area contributed by atoms with E-state index in [4.69, 9.17) is 16.6 Å². The van der Waals surface area contributed by atoms with Crippen LogP contribution in [0, 0.1) is 0 Å². The lowest BCUT2D eigenvalue weighted by atomic mass is 9.97. The zero-order valence-corrected chi connectivity index (χ0v) is 13.2. The highest BCUT2D eigenvalue weighted by Gasteiger charge is 2.25. The number of halogens is 1. The Kier molecular flexibility index (Phi) is 3.53. The maximum atomic E-state index is 11.7. The van der Waals surface area contributed by atoms with Crippen LogP contribution in [-0.2, 0) is 0 Å². The molecule has 2 N–H and O–H groups in total. The number of nitrogens with one attached hydrogen (secondary N) is 2. The Morgan fingerprint density at radius 1 is 1.30 bits per heavy atom. The maximum absolute atomic E-state index is 11.7. The van der Waals surface area contributed by atoms with Crippen molar-refractivity contribution in [2.75, 3.05) is 18.0 Å². The average Bonchev–Trinajstić information content (AvgIpc) is 3.02. The zero-order chi connectivity index (χ0) is 15.8. The van der Waals surface area contributed by atoms with Crippen molar-refractivity contribution in [1.29, 1.82) is 0 Å². The van der Waals surface area contributed by atoms with E-state index in [0.29, 0.717) is 5.69 Å². The van der Waals surface area contributed by atoms with E-state index in [1.54, 1.807) is 6.20 Å². The highest BCUT2D eigenvalue weighted by molar-refractivity contribution is 6.33. The van der Waals surface area contributed by atoms with Crippen LogP contribution < -0.4 is 10.5 Å². The van der Waals surface area contributed by atoms with Crippen molar-refractivity contribution in [3.63, 3.8) is 0 Å². The molecule has 1 saturated heterocycles. The fraction of sp³-hybridized carbons (Fsp3) is 0.312. The lowest BCUT2D eigenvalue weighted by molar-refractivity contribution is 0.494. The molecule has 3 aromatic rings. The van der Waals surface area contributed by atoms with Gasteiger partial charge in [-0.25, -0.2) is 10.1 Å². The van der Waals surface area contributed by atoms with Gasteiger partial charge < -0.3 is 9.88 Å². The molecule has 1 fully saturated rings. The summed E-state index contributed by atoms with van der Waals surface area (Å²) in [5, 5.41) is 6.42. The van der Waals surface area contributed by atoms with Crippen LogP contribution in [0.25, 0.3) is 11.0 Å². The van der Waals surface area contributed by atoms with Crippen molar-refractivity contribution in [2.24, 2.45) is 0 Å². The van der Waals surface area contributed by atoms with Gasteiger partial charge in [-0.15, -0.1) is 0 Å². The van der Waals surface area contributed by atoms with Crippen molar-refractivity contribution < 1.29 is 0 Å². The quantitative estimate of drug-likeness (QED) is 0.757. The second-order valence-corrected chi connectivity index (χ2v) is 6.20. The van der Waals surface area contributed by atoms with Gasteiger partial charge in [-0.3, -0.25) is 4.79 Å². The first-order chi connectivity index (χ1) is 11.2. The van der Waals surface area contributed by atoms with Gasteiger partial charge in [0.05, 0.1) is 22.9 Å². The summed E-state index contributed by atoms with van der Waals surface area (Å²) in [6.45, 7) is 1.63. The minimum Gasteiger partial charge on any atom is -0.368 e. The average molecular weight is 330 g/mol. The third kappa shape index (κ3) is 2.59. The molecule has 0 unspecified atom stereocenters. The van der Waals surface area contributed by atoms with Crippen molar-refractivity contribution in [3.05, 3.63) is 51.7 Å². The predicted molar refractivity (Wildman–Crippen MR) is 90.1 cm³/mol. The van der Waals surface area contributed by atoms with E-state index in [1.807, 2.05) is 24.3 Å². The van der Waals surface area contributed by atoms with E-state index >= 15 is 0 Å². The van der Waals surface area contributed by atoms with Crippen molar-refractivity contribution >= 4 is 28.3 Å². The summed E-state index contributed by atoms with van der Waals surface area (Å²) >= 11 is 6.14. The van der Waals surface area contributed by atoms with Gasteiger partial charge in [-0.1, -0.05) is 23.7 Å². The van der Waals surface area contributed by atoms with Crippen LogP contribution >= 0.6 is 11.6 Å². The molecule has 0 bridgehead atoms. The van der Waals surface area contributed by atoms with Crippen molar-refractivity contribution in [1.82, 2.24) is 20.2 Å². The molecule has 118 valence electrons. The Labute approximate surface area is 137 Å². The molecule has 3 heterocycles. The van der Waals surface area contributed by atoms with Crippen LogP contribution in [0.15, 0.2) is 35.3 Å². The number of rotatable bonds is 2. The molecule has 0 saturated carbocycles. The zero-order valence-electron chi connectivity index (χ0n) is 12.4. The van der Waals surface area contributed by atoms with Gasteiger partial charge in [-0.2, -0.15) is 5.10 Å². The topological polar surface area (TPSA) is 77.7 Å². The van der Waals surface area contributed by atoms with Crippen molar-refractivity contribution in [2.45, 2.75) is 18.8 Å². The lowest BCUT2D eigenvalue weighted by Crippen LogP contribution is -2.35. The molecule has 0 spiro atoms. The lowest BCUT2D eigenvalue weighted by Gasteiger charge is -2.33. The first-order valence-corrected chi connectivity index (χ1v) is 8.03. The molecule has 1 aliphatic rings. The SMILES string of the molecule is O=c1[nH]ncc(N2CCC[C@@H](c3nc4ccccc4[nH]3)C2)c1Cl. The van der Waals surface area contributed by atoms with Crippen LogP contribution in [0.5, 0.6) is 0 Å². The van der Waals surface area contributed by atoms with Crippen LogP contribution in [0.3, 0.4) is 0 Å². The molecule has 23 heavy (non-hydrogen) atoms. The van der Waals surface area contributed by atoms with Gasteiger partial charge in [0.1, 0.15) is 10.8 Å². The summed E-state index contributed by atoms with van der Waals surface area (Å²) in [5.41, 5.74) is 2.37. The smallest absolute Gasteiger partial charge is 0.285 e. The van der Waals surface area contributed by atoms with Crippen LogP contribution in [-0.4, -0.2) is 33.3 Å². The number of aromatic nitrogens is 4. The van der Waals surface area contributed by atoms with E-state index in [2.05, 4.69) is 20.1 Å². The van der Waals surface area contributed by atoms with E-state index in [1.165, 1.54) is 0 Å². The van der Waals surface area contributed by atoms with Gasteiger partial charge in [0.25, 0.3) is 5.56 Å². The summed E-state index contributed by atoms with van der Waals surface area (Å²) < 4.78 is 0. The van der Waals surface area contributed by atoms with E-state index in [0.717, 1.165) is 42.8 Å². The Bertz CT molecular complexity index is 870. The molecule has 1 atom stereocenters. The first-order valence-electron chi connectivity index (χ1n) is 7.65. The number of aromatic amines is 2. The molecule has 0 radical (unpaired) electrons. The normalized spacial score (nSPS) is 18.5. The predicted octanol–water partition coefficient (Wildman–Crippen LogP) is 2.68. The number of H-pyrrole nitrogens is 2. The van der Waals surface area contributed by atoms with Crippen LogP contribution in [0.4, 0.5) is 5.69 Å². The summed E-state index contributed by atoms with van der Waals surface area (Å²) in [6, 6.07) is 8.03. The number of benzene rings is 1. The molecular formula is C16H16ClN5O. The fourth-order valence-electron chi connectivity index (χ4n) is 3.18. The van der Waals surface area contributed by atoms with E-state index in [-0.39, 0.29) is 16.5 Å². The Morgan fingerprint density at radius 3 is 3.04 bits per heavy atom. The second-order valence-electron chi connectivity index (χ2n) is 5.82. The molecular weight excluding hydrogens is 314 g/mol. The Morgan fingerprint density at radius 2 is 2.17 bits per heavy atom. The highest BCUT2D eigenvalue weighted by Crippen LogP contribution is 2.31. The monoisotopic (exact) mass is 329 g/mol. The van der Waals surface area contributed by atoms with Crippen LogP contribution in [0.1, 0.15) is 24.6 Å². The molecule has 7 heteroatoms. The largest absolute Gasteiger partial charge is 0.368 e. The molecule has 1 aromatic carbocycles. The van der Waals surface area contributed by atoms with E-state index < -0.39 is 0 Å². The number of anilines is 1. The van der Waals surface area contributed by atoms with Gasteiger partial charge >= 0.3 is 0 Å². The summed E-state index contributed by atoms with van der Waals surface area (Å²) in [5.74, 6) is 1.27. The molecule has 0 amide bonds. The molecule has 0 aliphatic carbocycles. The van der Waals surface area contributed by atoms with Crippen LogP contribution in [0.2, 0.25) is 5.02 Å². The number of piperidine rings is 1. The van der Waals surface area contributed by atoms with E-state index in [9.17, 15) is 4.79 Å². The molecule has 2 aromatic heterocycles. The standard InChI is InChI=1S/C16H16ClN5O/c17-14-13(8-18-21-16(14)23)22-7-3-4-10(9-22)15-19-11-5-1-2-6-12(11)20-15/h1-2,5-6,8,10H,3-4,7,9H2,(H,19,20)(H,21,23)/t10-/m1/s1. The highest BCUT2D eigenvalue weighted by atomic mass is 35.5. The third-order valence-corrected chi connectivity index (χ3v) is 4.70. The second kappa shape index (κ2) is 5.70. The maximum Gasteiger partial charge on any atom is 0.285 e. The summed E-state index contributed by atoms with van der Waals surface area (Å²) in [7, 11) is 0. The Hall–Kier alpha value is -2.34. The molecule has 4 rings (SSSR count). The summed E-state index contributed by atoms with van der Waals surface area (Å²) in [4.78, 5) is 21.9. The number of para-hydroxylation sites is 2. The molecule has 6 nitrogen and oxygen atoms in total. The first kappa shape index (κ1) is 14.3. The Balaban J connectivity index is 1.64. The van der Waals surface area contributed by atoms with Gasteiger partial charge in [0, 0.05) is 19.0 Å². The third-order valence-electron chi connectivity index (χ3n) is 4.33. The van der Waals surface area contributed by atoms with Gasteiger partial charge in [0.15, 0.2) is 0 Å². The number of fused-ring (bicyclic) bond motifs is 1. The molecule has 1 aliphatic heterocycles. The number of imidazole rings is 1. The fourth-order valence-corrected chi connectivity index (χ4v) is 3.39. The van der Waals surface area contributed by atoms with Crippen molar-refractivity contribution in [3.8, 4) is 0 Å².